The average Bonchev–Trinajstić information content (AvgIpc) is 2.46. The fraction of sp³-hybridized carbons (Fsp3) is 0.312. The zero-order valence-electron chi connectivity index (χ0n) is 11.8. The number of hydrogen-bond acceptors (Lipinski definition) is 3. The number of benzene rings is 2. The molecule has 106 valence electrons. The van der Waals surface area contributed by atoms with Gasteiger partial charge in [-0.05, 0) is 42.8 Å². The van der Waals surface area contributed by atoms with Crippen LogP contribution in [0.2, 0.25) is 0 Å². The maximum absolute atomic E-state index is 14.6. The summed E-state index contributed by atoms with van der Waals surface area (Å²) in [6.07, 6.45) is 0. The molecule has 0 spiro atoms. The van der Waals surface area contributed by atoms with Crippen molar-refractivity contribution in [3.63, 3.8) is 0 Å². The van der Waals surface area contributed by atoms with E-state index in [1.54, 1.807) is 38.3 Å². The number of carbonyl (C=O) groups excluding carboxylic acids is 1. The largest absolute Gasteiger partial charge is 0.497 e. The summed E-state index contributed by atoms with van der Waals surface area (Å²) in [5.74, 6) is -0.133. The number of alkyl halides is 1. The third kappa shape index (κ3) is 2.59. The van der Waals surface area contributed by atoms with Gasteiger partial charge in [0.2, 0.25) is 5.67 Å². The highest BCUT2D eigenvalue weighted by molar-refractivity contribution is 5.87. The molecule has 0 aliphatic carbocycles. The first-order valence-corrected chi connectivity index (χ1v) is 6.43. The standard InChI is InChI=1S/C16H17FO3/c1-4-20-15(18)16(2,17)13-7-5-12-10-14(19-3)8-6-11(12)9-13/h5-10H,4H2,1-3H3. The molecule has 0 amide bonds. The summed E-state index contributed by atoms with van der Waals surface area (Å²) in [6, 6.07) is 10.5. The van der Waals surface area contributed by atoms with Crippen LogP contribution in [0.3, 0.4) is 0 Å². The maximum Gasteiger partial charge on any atom is 0.348 e. The van der Waals surface area contributed by atoms with E-state index in [9.17, 15) is 9.18 Å². The molecule has 0 saturated carbocycles. The molecule has 2 aromatic rings. The van der Waals surface area contributed by atoms with E-state index in [2.05, 4.69) is 0 Å². The smallest absolute Gasteiger partial charge is 0.348 e. The lowest BCUT2D eigenvalue weighted by atomic mass is 9.95. The molecule has 0 bridgehead atoms. The number of halogens is 1. The Bertz CT molecular complexity index is 635. The lowest BCUT2D eigenvalue weighted by Gasteiger charge is -2.19. The fourth-order valence-corrected chi connectivity index (χ4v) is 2.03. The van der Waals surface area contributed by atoms with E-state index in [1.807, 2.05) is 12.1 Å². The minimum absolute atomic E-state index is 0.156. The number of methoxy groups -OCH3 is 1. The minimum atomic E-state index is -2.15. The zero-order valence-corrected chi connectivity index (χ0v) is 11.8. The van der Waals surface area contributed by atoms with Gasteiger partial charge in [-0.1, -0.05) is 18.2 Å². The van der Waals surface area contributed by atoms with Crippen molar-refractivity contribution in [3.05, 3.63) is 42.0 Å². The summed E-state index contributed by atoms with van der Waals surface area (Å²) >= 11 is 0. The molecule has 0 aromatic heterocycles. The van der Waals surface area contributed by atoms with Crippen LogP contribution < -0.4 is 4.74 Å². The SMILES string of the molecule is CCOC(=O)C(C)(F)c1ccc2cc(OC)ccc2c1. The highest BCUT2D eigenvalue weighted by atomic mass is 19.1. The first-order valence-electron chi connectivity index (χ1n) is 6.43. The third-order valence-corrected chi connectivity index (χ3v) is 3.25. The van der Waals surface area contributed by atoms with Gasteiger partial charge in [0.1, 0.15) is 5.75 Å². The van der Waals surface area contributed by atoms with Crippen molar-refractivity contribution >= 4 is 16.7 Å². The molecule has 2 rings (SSSR count). The van der Waals surface area contributed by atoms with Crippen LogP contribution >= 0.6 is 0 Å². The van der Waals surface area contributed by atoms with Crippen molar-refractivity contribution in [2.45, 2.75) is 19.5 Å². The van der Waals surface area contributed by atoms with Gasteiger partial charge in [-0.3, -0.25) is 0 Å². The average molecular weight is 276 g/mol. The maximum atomic E-state index is 14.6. The molecule has 0 heterocycles. The Labute approximate surface area is 117 Å². The molecule has 0 N–H and O–H groups in total. The Morgan fingerprint density at radius 1 is 1.20 bits per heavy atom. The van der Waals surface area contributed by atoms with E-state index in [-0.39, 0.29) is 12.2 Å². The summed E-state index contributed by atoms with van der Waals surface area (Å²) in [4.78, 5) is 11.7. The van der Waals surface area contributed by atoms with Gasteiger partial charge in [-0.25, -0.2) is 9.18 Å². The van der Waals surface area contributed by atoms with Gasteiger partial charge in [-0.15, -0.1) is 0 Å². The molecule has 1 unspecified atom stereocenters. The molecule has 0 aliphatic heterocycles. The Morgan fingerprint density at radius 3 is 2.50 bits per heavy atom. The number of esters is 1. The van der Waals surface area contributed by atoms with Gasteiger partial charge in [-0.2, -0.15) is 0 Å². The highest BCUT2D eigenvalue weighted by Gasteiger charge is 2.36. The summed E-state index contributed by atoms with van der Waals surface area (Å²) < 4.78 is 24.5. The molecule has 3 nitrogen and oxygen atoms in total. The predicted molar refractivity (Wildman–Crippen MR) is 75.6 cm³/mol. The normalized spacial score (nSPS) is 13.8. The fourth-order valence-electron chi connectivity index (χ4n) is 2.03. The van der Waals surface area contributed by atoms with Crippen molar-refractivity contribution in [1.29, 1.82) is 0 Å². The minimum Gasteiger partial charge on any atom is -0.497 e. The lowest BCUT2D eigenvalue weighted by Crippen LogP contribution is -2.29. The Kier molecular flexibility index (Phi) is 3.93. The van der Waals surface area contributed by atoms with Crippen LogP contribution in [0.1, 0.15) is 19.4 Å². The molecule has 0 radical (unpaired) electrons. The van der Waals surface area contributed by atoms with E-state index >= 15 is 0 Å². The molecule has 1 atom stereocenters. The Balaban J connectivity index is 2.43. The van der Waals surface area contributed by atoms with E-state index in [0.717, 1.165) is 16.5 Å². The molecule has 20 heavy (non-hydrogen) atoms. The molecular formula is C16H17FO3. The van der Waals surface area contributed by atoms with Crippen LogP contribution in [0.25, 0.3) is 10.8 Å². The zero-order chi connectivity index (χ0) is 14.8. The summed E-state index contributed by atoms with van der Waals surface area (Å²) in [5, 5.41) is 1.77. The summed E-state index contributed by atoms with van der Waals surface area (Å²) in [6.45, 7) is 3.03. The topological polar surface area (TPSA) is 35.5 Å². The quantitative estimate of drug-likeness (QED) is 0.800. The van der Waals surface area contributed by atoms with Gasteiger partial charge in [0.05, 0.1) is 13.7 Å². The number of hydrogen-bond donors (Lipinski definition) is 0. The predicted octanol–water partition coefficient (Wildman–Crippen LogP) is 3.60. The van der Waals surface area contributed by atoms with Crippen LogP contribution in [-0.2, 0) is 15.2 Å². The molecule has 2 aromatic carbocycles. The number of carbonyl (C=O) groups is 1. The van der Waals surface area contributed by atoms with Crippen molar-refractivity contribution in [2.75, 3.05) is 13.7 Å². The van der Waals surface area contributed by atoms with Gasteiger partial charge in [0.15, 0.2) is 0 Å². The monoisotopic (exact) mass is 276 g/mol. The first-order chi connectivity index (χ1) is 9.48. The first kappa shape index (κ1) is 14.3. The van der Waals surface area contributed by atoms with Crippen LogP contribution in [0.15, 0.2) is 36.4 Å². The molecule has 0 fully saturated rings. The van der Waals surface area contributed by atoms with E-state index in [4.69, 9.17) is 9.47 Å². The second kappa shape index (κ2) is 5.49. The lowest BCUT2D eigenvalue weighted by molar-refractivity contribution is -0.156. The second-order valence-corrected chi connectivity index (χ2v) is 4.65. The van der Waals surface area contributed by atoms with Gasteiger partial charge in [0.25, 0.3) is 0 Å². The van der Waals surface area contributed by atoms with Crippen LogP contribution in [-0.4, -0.2) is 19.7 Å². The second-order valence-electron chi connectivity index (χ2n) is 4.65. The molecule has 0 saturated heterocycles. The van der Waals surface area contributed by atoms with Crippen molar-refractivity contribution in [2.24, 2.45) is 0 Å². The Morgan fingerprint density at radius 2 is 1.85 bits per heavy atom. The number of rotatable bonds is 4. The molecule has 4 heteroatoms. The van der Waals surface area contributed by atoms with Crippen molar-refractivity contribution in [1.82, 2.24) is 0 Å². The molecular weight excluding hydrogens is 259 g/mol. The van der Waals surface area contributed by atoms with Crippen molar-refractivity contribution < 1.29 is 18.7 Å². The van der Waals surface area contributed by atoms with Crippen molar-refractivity contribution in [3.8, 4) is 5.75 Å². The Hall–Kier alpha value is -2.10. The highest BCUT2D eigenvalue weighted by Crippen LogP contribution is 2.31. The summed E-state index contributed by atoms with van der Waals surface area (Å²) in [7, 11) is 1.59. The van der Waals surface area contributed by atoms with Gasteiger partial charge < -0.3 is 9.47 Å². The summed E-state index contributed by atoms with van der Waals surface area (Å²) in [5.41, 5.74) is -1.86. The van der Waals surface area contributed by atoms with Gasteiger partial charge in [0, 0.05) is 5.56 Å². The number of ether oxygens (including phenoxy) is 2. The van der Waals surface area contributed by atoms with Gasteiger partial charge >= 0.3 is 5.97 Å². The van der Waals surface area contributed by atoms with E-state index in [0.29, 0.717) is 0 Å². The molecule has 0 aliphatic rings. The third-order valence-electron chi connectivity index (χ3n) is 3.25. The van der Waals surface area contributed by atoms with Crippen LogP contribution in [0.4, 0.5) is 4.39 Å². The van der Waals surface area contributed by atoms with E-state index in [1.165, 1.54) is 6.92 Å². The number of fused-ring (bicyclic) bond motifs is 1. The van der Waals surface area contributed by atoms with Crippen LogP contribution in [0, 0.1) is 0 Å². The van der Waals surface area contributed by atoms with Crippen LogP contribution in [0.5, 0.6) is 5.75 Å². The van der Waals surface area contributed by atoms with E-state index < -0.39 is 11.6 Å².